The zero-order chi connectivity index (χ0) is 19.0. The van der Waals surface area contributed by atoms with Gasteiger partial charge in [-0.05, 0) is 43.2 Å². The average molecular weight is 366 g/mol. The molecule has 6 heteroatoms. The van der Waals surface area contributed by atoms with Crippen LogP contribution in [0.5, 0.6) is 0 Å². The van der Waals surface area contributed by atoms with Gasteiger partial charge in [0.05, 0.1) is 11.1 Å². The molecule has 1 aliphatic carbocycles. The lowest BCUT2D eigenvalue weighted by Crippen LogP contribution is -2.35. The number of nitrogens with zero attached hydrogens (tertiary/aromatic N) is 2. The number of ether oxygens (including phenoxy) is 1. The first-order valence-electron chi connectivity index (χ1n) is 9.45. The fraction of sp³-hybridized carbons (Fsp3) is 0.429. The average Bonchev–Trinajstić information content (AvgIpc) is 3.10. The Bertz CT molecular complexity index is 937. The van der Waals surface area contributed by atoms with E-state index in [1.165, 1.54) is 4.90 Å². The zero-order valence-corrected chi connectivity index (χ0v) is 15.4. The van der Waals surface area contributed by atoms with Crippen molar-refractivity contribution < 1.29 is 19.1 Å². The third-order valence-corrected chi connectivity index (χ3v) is 5.41. The zero-order valence-electron chi connectivity index (χ0n) is 15.4. The summed E-state index contributed by atoms with van der Waals surface area (Å²) in [6, 6.07) is 7.51. The lowest BCUT2D eigenvalue weighted by molar-refractivity contribution is -0.143. The number of hydrogen-bond donors (Lipinski definition) is 0. The molecule has 1 saturated heterocycles. The van der Waals surface area contributed by atoms with Crippen molar-refractivity contribution in [1.82, 2.24) is 9.88 Å². The molecule has 0 saturated carbocycles. The number of aromatic nitrogens is 1. The summed E-state index contributed by atoms with van der Waals surface area (Å²) in [7, 11) is 0. The van der Waals surface area contributed by atoms with E-state index in [1.54, 1.807) is 0 Å². The first-order valence-corrected chi connectivity index (χ1v) is 9.45. The van der Waals surface area contributed by atoms with Gasteiger partial charge in [0.2, 0.25) is 5.91 Å². The van der Waals surface area contributed by atoms with E-state index in [0.29, 0.717) is 30.9 Å². The van der Waals surface area contributed by atoms with E-state index in [4.69, 9.17) is 9.72 Å². The van der Waals surface area contributed by atoms with E-state index in [1.807, 2.05) is 24.3 Å². The van der Waals surface area contributed by atoms with Gasteiger partial charge in [0.15, 0.2) is 6.61 Å². The SMILES string of the molecule is C[C@@H]1CCc2nc3ccccc3c(C(=O)OCC(=O)N3CCCC3=O)c2C1. The Hall–Kier alpha value is -2.76. The molecule has 1 atom stereocenters. The molecule has 2 heterocycles. The first kappa shape index (κ1) is 17.6. The van der Waals surface area contributed by atoms with Crippen molar-refractivity contribution in [3.8, 4) is 0 Å². The number of pyridine rings is 1. The van der Waals surface area contributed by atoms with Gasteiger partial charge in [-0.3, -0.25) is 19.5 Å². The lowest BCUT2D eigenvalue weighted by atomic mass is 9.84. The van der Waals surface area contributed by atoms with E-state index in [0.717, 1.165) is 41.4 Å². The van der Waals surface area contributed by atoms with Gasteiger partial charge in [0, 0.05) is 24.0 Å². The standard InChI is InChI=1S/C21H22N2O4/c1-13-8-9-17-15(11-13)20(14-5-2-3-6-16(14)22-17)21(26)27-12-19(25)23-10-4-7-18(23)24/h2-3,5-6,13H,4,7-12H2,1H3/t13-/m1/s1. The van der Waals surface area contributed by atoms with E-state index >= 15 is 0 Å². The largest absolute Gasteiger partial charge is 0.452 e. The number of carbonyl (C=O) groups excluding carboxylic acids is 3. The summed E-state index contributed by atoms with van der Waals surface area (Å²) in [6.45, 7) is 2.15. The highest BCUT2D eigenvalue weighted by Crippen LogP contribution is 2.32. The minimum Gasteiger partial charge on any atom is -0.452 e. The fourth-order valence-corrected chi connectivity index (χ4v) is 3.98. The van der Waals surface area contributed by atoms with Crippen LogP contribution >= 0.6 is 0 Å². The van der Waals surface area contributed by atoms with Crippen molar-refractivity contribution in [3.05, 3.63) is 41.1 Å². The van der Waals surface area contributed by atoms with Crippen LogP contribution in [-0.4, -0.2) is 40.8 Å². The maximum atomic E-state index is 12.9. The molecule has 27 heavy (non-hydrogen) atoms. The van der Waals surface area contributed by atoms with Gasteiger partial charge in [-0.1, -0.05) is 25.1 Å². The Morgan fingerprint density at radius 1 is 1.26 bits per heavy atom. The Balaban J connectivity index is 1.63. The Morgan fingerprint density at radius 2 is 2.07 bits per heavy atom. The summed E-state index contributed by atoms with van der Waals surface area (Å²) in [5.74, 6) is -0.696. The third-order valence-electron chi connectivity index (χ3n) is 5.41. The number of hydrogen-bond acceptors (Lipinski definition) is 5. The number of likely N-dealkylation sites (tertiary alicyclic amines) is 1. The molecule has 0 spiro atoms. The second kappa shape index (κ2) is 7.10. The predicted octanol–water partition coefficient (Wildman–Crippen LogP) is 2.67. The van der Waals surface area contributed by atoms with Gasteiger partial charge < -0.3 is 4.74 Å². The molecule has 1 aliphatic heterocycles. The van der Waals surface area contributed by atoms with Crippen LogP contribution in [0.2, 0.25) is 0 Å². The minimum atomic E-state index is -0.515. The fourth-order valence-electron chi connectivity index (χ4n) is 3.98. The highest BCUT2D eigenvalue weighted by Gasteiger charge is 2.29. The van der Waals surface area contributed by atoms with Crippen molar-refractivity contribution in [2.75, 3.05) is 13.2 Å². The molecular weight excluding hydrogens is 344 g/mol. The number of fused-ring (bicyclic) bond motifs is 2. The molecule has 0 N–H and O–H groups in total. The molecule has 6 nitrogen and oxygen atoms in total. The summed E-state index contributed by atoms with van der Waals surface area (Å²) < 4.78 is 5.35. The second-order valence-corrected chi connectivity index (χ2v) is 7.40. The molecule has 0 bridgehead atoms. The van der Waals surface area contributed by atoms with Gasteiger partial charge in [-0.15, -0.1) is 0 Å². The molecule has 2 amide bonds. The van der Waals surface area contributed by atoms with Crippen LogP contribution in [0.4, 0.5) is 0 Å². The first-order chi connectivity index (χ1) is 13.0. The third kappa shape index (κ3) is 3.31. The smallest absolute Gasteiger partial charge is 0.339 e. The van der Waals surface area contributed by atoms with Crippen LogP contribution in [0.3, 0.4) is 0 Å². The van der Waals surface area contributed by atoms with Crippen molar-refractivity contribution in [3.63, 3.8) is 0 Å². The number of esters is 1. The number of imide groups is 1. The molecule has 1 aromatic heterocycles. The summed E-state index contributed by atoms with van der Waals surface area (Å²) >= 11 is 0. The number of carbonyl (C=O) groups is 3. The monoisotopic (exact) mass is 366 g/mol. The second-order valence-electron chi connectivity index (χ2n) is 7.40. The van der Waals surface area contributed by atoms with Crippen LogP contribution < -0.4 is 0 Å². The molecule has 1 fully saturated rings. The molecular formula is C21H22N2O4. The molecule has 0 radical (unpaired) electrons. The van der Waals surface area contributed by atoms with Gasteiger partial charge in [-0.2, -0.15) is 0 Å². The maximum absolute atomic E-state index is 12.9. The predicted molar refractivity (Wildman–Crippen MR) is 99.2 cm³/mol. The van der Waals surface area contributed by atoms with E-state index in [9.17, 15) is 14.4 Å². The lowest BCUT2D eigenvalue weighted by Gasteiger charge is -2.24. The quantitative estimate of drug-likeness (QED) is 0.781. The summed E-state index contributed by atoms with van der Waals surface area (Å²) in [6.07, 6.45) is 3.69. The normalized spacial score (nSPS) is 19.2. The summed E-state index contributed by atoms with van der Waals surface area (Å²) in [4.78, 5) is 42.7. The number of aryl methyl sites for hydroxylation is 1. The van der Waals surface area contributed by atoms with E-state index in [2.05, 4.69) is 6.92 Å². The minimum absolute atomic E-state index is 0.198. The molecule has 140 valence electrons. The van der Waals surface area contributed by atoms with Crippen molar-refractivity contribution in [2.45, 2.75) is 39.0 Å². The highest BCUT2D eigenvalue weighted by atomic mass is 16.5. The molecule has 2 aromatic rings. The Morgan fingerprint density at radius 3 is 2.85 bits per heavy atom. The number of amides is 2. The van der Waals surface area contributed by atoms with E-state index in [-0.39, 0.29) is 5.91 Å². The van der Waals surface area contributed by atoms with Gasteiger partial charge in [-0.25, -0.2) is 4.79 Å². The van der Waals surface area contributed by atoms with Crippen molar-refractivity contribution in [2.24, 2.45) is 5.92 Å². The molecule has 0 unspecified atom stereocenters. The number of benzene rings is 1. The van der Waals surface area contributed by atoms with Crippen LogP contribution in [0.1, 0.15) is 47.8 Å². The van der Waals surface area contributed by atoms with Crippen molar-refractivity contribution in [1.29, 1.82) is 0 Å². The highest BCUT2D eigenvalue weighted by molar-refractivity contribution is 6.06. The molecule has 2 aliphatic rings. The van der Waals surface area contributed by atoms with Crippen molar-refractivity contribution >= 4 is 28.7 Å². The molecule has 1 aromatic carbocycles. The van der Waals surface area contributed by atoms with Gasteiger partial charge in [0.1, 0.15) is 0 Å². The van der Waals surface area contributed by atoms with Gasteiger partial charge in [0.25, 0.3) is 5.91 Å². The van der Waals surface area contributed by atoms with Crippen LogP contribution in [0, 0.1) is 5.92 Å². The Kier molecular flexibility index (Phi) is 4.64. The van der Waals surface area contributed by atoms with Crippen LogP contribution in [0.25, 0.3) is 10.9 Å². The number of rotatable bonds is 3. The van der Waals surface area contributed by atoms with Crippen LogP contribution in [0.15, 0.2) is 24.3 Å². The number of para-hydroxylation sites is 1. The summed E-state index contributed by atoms with van der Waals surface area (Å²) in [5, 5.41) is 0.750. The maximum Gasteiger partial charge on any atom is 0.339 e. The van der Waals surface area contributed by atoms with Gasteiger partial charge >= 0.3 is 5.97 Å². The van der Waals surface area contributed by atoms with E-state index < -0.39 is 18.5 Å². The Labute approximate surface area is 157 Å². The topological polar surface area (TPSA) is 76.6 Å². The molecule has 4 rings (SSSR count). The summed E-state index contributed by atoms with van der Waals surface area (Å²) in [5.41, 5.74) is 3.16. The van der Waals surface area contributed by atoms with Crippen LogP contribution in [-0.2, 0) is 27.2 Å².